The smallest absolute Gasteiger partial charge is 0.254 e. The minimum absolute atomic E-state index is 0.0121. The van der Waals surface area contributed by atoms with E-state index in [9.17, 15) is 4.79 Å². The average molecular weight is 381 g/mol. The molecule has 2 aromatic carbocycles. The van der Waals surface area contributed by atoms with Gasteiger partial charge in [0.15, 0.2) is 0 Å². The summed E-state index contributed by atoms with van der Waals surface area (Å²) in [5, 5.41) is 0. The highest BCUT2D eigenvalue weighted by Crippen LogP contribution is 2.23. The van der Waals surface area contributed by atoms with E-state index in [2.05, 4.69) is 21.7 Å². The van der Waals surface area contributed by atoms with Gasteiger partial charge in [0.1, 0.15) is 5.82 Å². The first-order valence-corrected chi connectivity index (χ1v) is 9.47. The van der Waals surface area contributed by atoms with Crippen molar-refractivity contribution in [3.8, 4) is 5.69 Å². The average Bonchev–Trinajstić information content (AvgIpc) is 3.05. The largest absolute Gasteiger partial charge is 0.385 e. The van der Waals surface area contributed by atoms with Crippen LogP contribution >= 0.6 is 0 Å². The fraction of sp³-hybridized carbons (Fsp3) is 0.364. The lowest BCUT2D eigenvalue weighted by atomic mass is 10.1. The number of methoxy groups -OCH3 is 2. The second kappa shape index (κ2) is 9.48. The maximum Gasteiger partial charge on any atom is 0.254 e. The molecule has 28 heavy (non-hydrogen) atoms. The van der Waals surface area contributed by atoms with E-state index in [-0.39, 0.29) is 5.91 Å². The standard InChI is InChI=1S/C22H27N3O3/c1-17-23-20-16-18(22(26)24(13-15-28-3)12-7-14-27-2)10-11-21(20)25(17)19-8-5-4-6-9-19/h4-6,8-11,16H,7,12-15H2,1-3H3. The van der Waals surface area contributed by atoms with Crippen molar-refractivity contribution >= 4 is 16.9 Å². The number of carbonyl (C=O) groups excluding carboxylic acids is 1. The molecule has 0 N–H and O–H groups in total. The molecule has 0 aliphatic carbocycles. The number of rotatable bonds is 9. The van der Waals surface area contributed by atoms with Crippen molar-refractivity contribution in [2.24, 2.45) is 0 Å². The Morgan fingerprint density at radius 2 is 1.79 bits per heavy atom. The third-order valence-electron chi connectivity index (χ3n) is 4.71. The molecule has 6 heteroatoms. The van der Waals surface area contributed by atoms with Gasteiger partial charge in [0.05, 0.1) is 17.6 Å². The van der Waals surface area contributed by atoms with E-state index in [0.29, 0.717) is 31.9 Å². The zero-order chi connectivity index (χ0) is 19.9. The lowest BCUT2D eigenvalue weighted by molar-refractivity contribution is 0.0674. The summed E-state index contributed by atoms with van der Waals surface area (Å²) in [4.78, 5) is 19.5. The Balaban J connectivity index is 1.89. The highest BCUT2D eigenvalue weighted by molar-refractivity contribution is 5.97. The maximum absolute atomic E-state index is 13.0. The van der Waals surface area contributed by atoms with Gasteiger partial charge >= 0.3 is 0 Å². The first-order valence-electron chi connectivity index (χ1n) is 9.47. The fourth-order valence-electron chi connectivity index (χ4n) is 3.34. The number of carbonyl (C=O) groups is 1. The van der Waals surface area contributed by atoms with Gasteiger partial charge in [-0.25, -0.2) is 4.98 Å². The van der Waals surface area contributed by atoms with E-state index in [0.717, 1.165) is 29.0 Å². The van der Waals surface area contributed by atoms with Crippen LogP contribution in [0.5, 0.6) is 0 Å². The molecule has 1 aromatic heterocycles. The zero-order valence-corrected chi connectivity index (χ0v) is 16.7. The second-order valence-electron chi connectivity index (χ2n) is 6.66. The summed E-state index contributed by atoms with van der Waals surface area (Å²) in [6.07, 6.45) is 0.788. The molecule has 148 valence electrons. The minimum Gasteiger partial charge on any atom is -0.385 e. The first kappa shape index (κ1) is 20.0. The highest BCUT2D eigenvalue weighted by Gasteiger charge is 2.17. The van der Waals surface area contributed by atoms with E-state index in [4.69, 9.17) is 9.47 Å². The van der Waals surface area contributed by atoms with Crippen LogP contribution in [-0.2, 0) is 9.47 Å². The number of imidazole rings is 1. The molecule has 0 aliphatic heterocycles. The number of ether oxygens (including phenoxy) is 2. The first-order chi connectivity index (χ1) is 13.7. The van der Waals surface area contributed by atoms with Gasteiger partial charge in [-0.15, -0.1) is 0 Å². The maximum atomic E-state index is 13.0. The monoisotopic (exact) mass is 381 g/mol. The Hall–Kier alpha value is -2.70. The molecule has 3 rings (SSSR count). The summed E-state index contributed by atoms with van der Waals surface area (Å²) in [6.45, 7) is 4.28. The van der Waals surface area contributed by atoms with Crippen LogP contribution in [-0.4, -0.2) is 60.9 Å². The molecule has 0 atom stereocenters. The van der Waals surface area contributed by atoms with Crippen molar-refractivity contribution in [2.75, 3.05) is 40.5 Å². The summed E-state index contributed by atoms with van der Waals surface area (Å²) in [6, 6.07) is 15.8. The summed E-state index contributed by atoms with van der Waals surface area (Å²) >= 11 is 0. The number of hydrogen-bond donors (Lipinski definition) is 0. The Labute approximate surface area is 165 Å². The van der Waals surface area contributed by atoms with Crippen LogP contribution < -0.4 is 0 Å². The van der Waals surface area contributed by atoms with Gasteiger partial charge in [0.25, 0.3) is 5.91 Å². The van der Waals surface area contributed by atoms with Crippen molar-refractivity contribution in [1.82, 2.24) is 14.5 Å². The van der Waals surface area contributed by atoms with Crippen LogP contribution in [0.4, 0.5) is 0 Å². The number of para-hydroxylation sites is 1. The molecule has 0 radical (unpaired) electrons. The molecule has 0 fully saturated rings. The van der Waals surface area contributed by atoms with Gasteiger partial charge in [-0.3, -0.25) is 9.36 Å². The van der Waals surface area contributed by atoms with Gasteiger partial charge in [-0.2, -0.15) is 0 Å². The van der Waals surface area contributed by atoms with Gasteiger partial charge < -0.3 is 14.4 Å². The SMILES string of the molecule is COCCCN(CCOC)C(=O)c1ccc2c(c1)nc(C)n2-c1ccccc1. The highest BCUT2D eigenvalue weighted by atomic mass is 16.5. The molecule has 0 aliphatic rings. The number of nitrogens with zero attached hydrogens (tertiary/aromatic N) is 3. The Bertz CT molecular complexity index is 921. The number of benzene rings is 2. The van der Waals surface area contributed by atoms with Crippen molar-refractivity contribution in [3.63, 3.8) is 0 Å². The van der Waals surface area contributed by atoms with Crippen LogP contribution in [0.15, 0.2) is 48.5 Å². The Morgan fingerprint density at radius 3 is 2.50 bits per heavy atom. The fourth-order valence-corrected chi connectivity index (χ4v) is 3.34. The van der Waals surface area contributed by atoms with Crippen LogP contribution in [0.3, 0.4) is 0 Å². The summed E-state index contributed by atoms with van der Waals surface area (Å²) in [5.74, 6) is 0.879. The molecule has 0 bridgehead atoms. The topological polar surface area (TPSA) is 56.6 Å². The number of aryl methyl sites for hydroxylation is 1. The molecular weight excluding hydrogens is 354 g/mol. The molecule has 0 saturated heterocycles. The van der Waals surface area contributed by atoms with E-state index in [1.54, 1.807) is 14.2 Å². The third kappa shape index (κ3) is 4.40. The second-order valence-corrected chi connectivity index (χ2v) is 6.66. The van der Waals surface area contributed by atoms with Crippen molar-refractivity contribution in [3.05, 3.63) is 59.9 Å². The lowest BCUT2D eigenvalue weighted by Gasteiger charge is -2.22. The molecule has 0 unspecified atom stereocenters. The van der Waals surface area contributed by atoms with Gasteiger partial charge in [0.2, 0.25) is 0 Å². The molecule has 0 spiro atoms. The quantitative estimate of drug-likeness (QED) is 0.533. The number of amides is 1. The van der Waals surface area contributed by atoms with Gasteiger partial charge in [-0.05, 0) is 43.7 Å². The van der Waals surface area contributed by atoms with E-state index >= 15 is 0 Å². The molecular formula is C22H27N3O3. The third-order valence-corrected chi connectivity index (χ3v) is 4.71. The molecule has 6 nitrogen and oxygen atoms in total. The van der Waals surface area contributed by atoms with Crippen LogP contribution in [0.2, 0.25) is 0 Å². The minimum atomic E-state index is -0.0121. The van der Waals surface area contributed by atoms with Crippen molar-refractivity contribution in [1.29, 1.82) is 0 Å². The van der Waals surface area contributed by atoms with E-state index in [1.807, 2.05) is 48.2 Å². The summed E-state index contributed by atoms with van der Waals surface area (Å²) in [7, 11) is 3.31. The predicted octanol–water partition coefficient (Wildman–Crippen LogP) is 3.46. The Kier molecular flexibility index (Phi) is 6.79. The van der Waals surface area contributed by atoms with E-state index < -0.39 is 0 Å². The summed E-state index contributed by atoms with van der Waals surface area (Å²) in [5.41, 5.74) is 3.50. The van der Waals surface area contributed by atoms with Gasteiger partial charge in [0, 0.05) is 45.2 Å². The zero-order valence-electron chi connectivity index (χ0n) is 16.7. The molecule has 1 heterocycles. The van der Waals surface area contributed by atoms with E-state index in [1.165, 1.54) is 0 Å². The molecule has 0 saturated carbocycles. The van der Waals surface area contributed by atoms with Crippen molar-refractivity contribution < 1.29 is 14.3 Å². The molecule has 3 aromatic rings. The van der Waals surface area contributed by atoms with Gasteiger partial charge in [-0.1, -0.05) is 18.2 Å². The molecule has 1 amide bonds. The van der Waals surface area contributed by atoms with Crippen LogP contribution in [0.1, 0.15) is 22.6 Å². The number of hydrogen-bond acceptors (Lipinski definition) is 4. The number of fused-ring (bicyclic) bond motifs is 1. The van der Waals surface area contributed by atoms with Crippen molar-refractivity contribution in [2.45, 2.75) is 13.3 Å². The summed E-state index contributed by atoms with van der Waals surface area (Å²) < 4.78 is 12.4. The number of aromatic nitrogens is 2. The van der Waals surface area contributed by atoms with Crippen LogP contribution in [0.25, 0.3) is 16.7 Å². The lowest BCUT2D eigenvalue weighted by Crippen LogP contribution is -2.35. The normalized spacial score (nSPS) is 11.1. The predicted molar refractivity (Wildman–Crippen MR) is 110 cm³/mol. The Morgan fingerprint density at radius 1 is 1.04 bits per heavy atom. The van der Waals surface area contributed by atoms with Crippen LogP contribution in [0, 0.1) is 6.92 Å².